The number of hydrogen-bond acceptors (Lipinski definition) is 2. The molecule has 1 aliphatic carbocycles. The SMILES string of the molecule is CC(C)NCC(O)c1cccc(C2CCC2)c1. The van der Waals surface area contributed by atoms with E-state index in [1.807, 2.05) is 6.07 Å². The standard InChI is InChI=1S/C15H23NO/c1-11(2)16-10-15(17)14-8-4-7-13(9-14)12-5-3-6-12/h4,7-9,11-12,15-17H,3,5-6,10H2,1-2H3. The first kappa shape index (κ1) is 12.6. The third-order valence-electron chi connectivity index (χ3n) is 3.59. The molecule has 1 aromatic carbocycles. The Kier molecular flexibility index (Phi) is 4.19. The summed E-state index contributed by atoms with van der Waals surface area (Å²) in [5.41, 5.74) is 2.44. The molecule has 0 spiro atoms. The molecule has 1 aliphatic rings. The number of aliphatic hydroxyl groups is 1. The van der Waals surface area contributed by atoms with E-state index in [-0.39, 0.29) is 0 Å². The van der Waals surface area contributed by atoms with Crippen molar-refractivity contribution < 1.29 is 5.11 Å². The molecule has 17 heavy (non-hydrogen) atoms. The molecule has 2 heteroatoms. The maximum absolute atomic E-state index is 10.1. The molecule has 1 atom stereocenters. The second-order valence-corrected chi connectivity index (χ2v) is 5.38. The summed E-state index contributed by atoms with van der Waals surface area (Å²) in [6.45, 7) is 4.82. The van der Waals surface area contributed by atoms with Crippen LogP contribution in [0, 0.1) is 0 Å². The Morgan fingerprint density at radius 3 is 2.71 bits per heavy atom. The van der Waals surface area contributed by atoms with E-state index in [2.05, 4.69) is 37.4 Å². The van der Waals surface area contributed by atoms with Gasteiger partial charge < -0.3 is 10.4 Å². The second kappa shape index (κ2) is 5.65. The fraction of sp³-hybridized carbons (Fsp3) is 0.600. The number of hydrogen-bond donors (Lipinski definition) is 2. The highest BCUT2D eigenvalue weighted by Crippen LogP contribution is 2.36. The van der Waals surface area contributed by atoms with E-state index in [1.165, 1.54) is 24.8 Å². The highest BCUT2D eigenvalue weighted by molar-refractivity contribution is 5.29. The number of rotatable bonds is 5. The molecule has 0 aromatic heterocycles. The van der Waals surface area contributed by atoms with Gasteiger partial charge in [-0.3, -0.25) is 0 Å². The smallest absolute Gasteiger partial charge is 0.0914 e. The lowest BCUT2D eigenvalue weighted by atomic mass is 9.79. The third-order valence-corrected chi connectivity index (χ3v) is 3.59. The first-order valence-corrected chi connectivity index (χ1v) is 6.68. The van der Waals surface area contributed by atoms with Gasteiger partial charge in [-0.05, 0) is 29.9 Å². The van der Waals surface area contributed by atoms with Gasteiger partial charge >= 0.3 is 0 Å². The van der Waals surface area contributed by atoms with Crippen LogP contribution in [0.4, 0.5) is 0 Å². The van der Waals surface area contributed by atoms with Gasteiger partial charge in [-0.1, -0.05) is 44.5 Å². The lowest BCUT2D eigenvalue weighted by Crippen LogP contribution is -2.28. The van der Waals surface area contributed by atoms with Crippen LogP contribution in [-0.4, -0.2) is 17.7 Å². The largest absolute Gasteiger partial charge is 0.387 e. The van der Waals surface area contributed by atoms with Gasteiger partial charge in [0.25, 0.3) is 0 Å². The minimum absolute atomic E-state index is 0.391. The molecule has 94 valence electrons. The zero-order valence-electron chi connectivity index (χ0n) is 10.8. The summed E-state index contributed by atoms with van der Waals surface area (Å²) in [4.78, 5) is 0. The minimum atomic E-state index is -0.391. The van der Waals surface area contributed by atoms with E-state index < -0.39 is 6.10 Å². The summed E-state index contributed by atoms with van der Waals surface area (Å²) in [5.74, 6) is 0.736. The molecule has 1 unspecified atom stereocenters. The van der Waals surface area contributed by atoms with Crippen LogP contribution in [0.25, 0.3) is 0 Å². The van der Waals surface area contributed by atoms with Crippen LogP contribution >= 0.6 is 0 Å². The van der Waals surface area contributed by atoms with Crippen LogP contribution in [0.5, 0.6) is 0 Å². The van der Waals surface area contributed by atoms with Crippen LogP contribution in [0.1, 0.15) is 56.3 Å². The maximum Gasteiger partial charge on any atom is 0.0914 e. The molecule has 0 amide bonds. The van der Waals surface area contributed by atoms with Gasteiger partial charge in [-0.15, -0.1) is 0 Å². The summed E-state index contributed by atoms with van der Waals surface area (Å²) in [5, 5.41) is 13.4. The fourth-order valence-corrected chi connectivity index (χ4v) is 2.23. The summed E-state index contributed by atoms with van der Waals surface area (Å²) in [6.07, 6.45) is 3.58. The number of nitrogens with one attached hydrogen (secondary N) is 1. The highest BCUT2D eigenvalue weighted by atomic mass is 16.3. The molecule has 1 saturated carbocycles. The normalized spacial score (nSPS) is 18.1. The van der Waals surface area contributed by atoms with Crippen molar-refractivity contribution in [3.05, 3.63) is 35.4 Å². The summed E-state index contributed by atoms with van der Waals surface area (Å²) in [6, 6.07) is 8.88. The molecular formula is C15H23NO. The second-order valence-electron chi connectivity index (χ2n) is 5.38. The molecule has 0 radical (unpaired) electrons. The topological polar surface area (TPSA) is 32.3 Å². The van der Waals surface area contributed by atoms with Crippen molar-refractivity contribution in [3.63, 3.8) is 0 Å². The van der Waals surface area contributed by atoms with Crippen LogP contribution in [0.2, 0.25) is 0 Å². The van der Waals surface area contributed by atoms with Gasteiger partial charge in [0.15, 0.2) is 0 Å². The average Bonchev–Trinajstić information content (AvgIpc) is 2.24. The van der Waals surface area contributed by atoms with E-state index in [1.54, 1.807) is 0 Å². The Balaban J connectivity index is 1.99. The van der Waals surface area contributed by atoms with Crippen LogP contribution in [0.3, 0.4) is 0 Å². The summed E-state index contributed by atoms with van der Waals surface area (Å²) >= 11 is 0. The number of aliphatic hydroxyl groups excluding tert-OH is 1. The fourth-order valence-electron chi connectivity index (χ4n) is 2.23. The van der Waals surface area contributed by atoms with Crippen molar-refractivity contribution >= 4 is 0 Å². The Labute approximate surface area is 104 Å². The average molecular weight is 233 g/mol. The molecule has 0 aliphatic heterocycles. The Hall–Kier alpha value is -0.860. The zero-order valence-corrected chi connectivity index (χ0v) is 10.8. The van der Waals surface area contributed by atoms with Gasteiger partial charge in [-0.25, -0.2) is 0 Å². The van der Waals surface area contributed by atoms with E-state index in [9.17, 15) is 5.11 Å². The van der Waals surface area contributed by atoms with Crippen LogP contribution in [0.15, 0.2) is 24.3 Å². The summed E-state index contributed by atoms with van der Waals surface area (Å²) < 4.78 is 0. The van der Waals surface area contributed by atoms with Gasteiger partial charge in [-0.2, -0.15) is 0 Å². The predicted molar refractivity (Wildman–Crippen MR) is 71.1 cm³/mol. The quantitative estimate of drug-likeness (QED) is 0.819. The molecule has 0 saturated heterocycles. The van der Waals surface area contributed by atoms with E-state index >= 15 is 0 Å². The zero-order chi connectivity index (χ0) is 12.3. The third kappa shape index (κ3) is 3.30. The predicted octanol–water partition coefficient (Wildman–Crippen LogP) is 2.99. The molecule has 0 heterocycles. The first-order chi connectivity index (χ1) is 8.16. The summed E-state index contributed by atoms with van der Waals surface area (Å²) in [7, 11) is 0. The van der Waals surface area contributed by atoms with Crippen LogP contribution in [-0.2, 0) is 0 Å². The lowest BCUT2D eigenvalue weighted by molar-refractivity contribution is 0.171. The molecule has 2 rings (SSSR count). The molecule has 1 aromatic rings. The van der Waals surface area contributed by atoms with Crippen molar-refractivity contribution in [1.29, 1.82) is 0 Å². The van der Waals surface area contributed by atoms with Gasteiger partial charge in [0.1, 0.15) is 0 Å². The maximum atomic E-state index is 10.1. The molecule has 1 fully saturated rings. The monoisotopic (exact) mass is 233 g/mol. The van der Waals surface area contributed by atoms with Crippen molar-refractivity contribution in [1.82, 2.24) is 5.32 Å². The van der Waals surface area contributed by atoms with Gasteiger partial charge in [0, 0.05) is 12.6 Å². The lowest BCUT2D eigenvalue weighted by Gasteiger charge is -2.26. The molecule has 0 bridgehead atoms. The van der Waals surface area contributed by atoms with E-state index in [0.29, 0.717) is 12.6 Å². The first-order valence-electron chi connectivity index (χ1n) is 6.68. The Bertz CT molecular complexity index is 358. The van der Waals surface area contributed by atoms with Crippen molar-refractivity contribution in [2.75, 3.05) is 6.54 Å². The number of benzene rings is 1. The minimum Gasteiger partial charge on any atom is -0.387 e. The Morgan fingerprint density at radius 1 is 1.35 bits per heavy atom. The van der Waals surface area contributed by atoms with E-state index in [0.717, 1.165) is 11.5 Å². The van der Waals surface area contributed by atoms with Crippen molar-refractivity contribution in [2.24, 2.45) is 0 Å². The van der Waals surface area contributed by atoms with Gasteiger partial charge in [0.2, 0.25) is 0 Å². The van der Waals surface area contributed by atoms with Crippen molar-refractivity contribution in [2.45, 2.75) is 51.2 Å². The molecule has 2 nitrogen and oxygen atoms in total. The van der Waals surface area contributed by atoms with Crippen LogP contribution < -0.4 is 5.32 Å². The van der Waals surface area contributed by atoms with Gasteiger partial charge in [0.05, 0.1) is 6.10 Å². The van der Waals surface area contributed by atoms with E-state index in [4.69, 9.17) is 0 Å². The van der Waals surface area contributed by atoms with Crippen molar-refractivity contribution in [3.8, 4) is 0 Å². The molecular weight excluding hydrogens is 210 g/mol. The molecule has 2 N–H and O–H groups in total. The Morgan fingerprint density at radius 2 is 2.12 bits per heavy atom. The highest BCUT2D eigenvalue weighted by Gasteiger charge is 2.20.